The highest BCUT2D eigenvalue weighted by Crippen LogP contribution is 2.25. The molecule has 1 N–H and O–H groups in total. The van der Waals surface area contributed by atoms with Crippen molar-refractivity contribution >= 4 is 39.6 Å². The Morgan fingerprint density at radius 1 is 1.06 bits per heavy atom. The van der Waals surface area contributed by atoms with E-state index in [1.54, 1.807) is 12.1 Å². The van der Waals surface area contributed by atoms with Gasteiger partial charge in [-0.2, -0.15) is 9.61 Å². The number of benzene rings is 2. The van der Waals surface area contributed by atoms with Gasteiger partial charge in [0.1, 0.15) is 5.01 Å². The Morgan fingerprint density at radius 2 is 1.76 bits per heavy atom. The van der Waals surface area contributed by atoms with Crippen LogP contribution in [0.25, 0.3) is 15.5 Å². The van der Waals surface area contributed by atoms with Crippen LogP contribution >= 0.6 is 22.9 Å². The van der Waals surface area contributed by atoms with E-state index in [-0.39, 0.29) is 11.6 Å². The number of fused-ring (bicyclic) bond motifs is 1. The number of piperazine rings is 1. The van der Waals surface area contributed by atoms with Gasteiger partial charge in [0.25, 0.3) is 5.56 Å². The lowest BCUT2D eigenvalue weighted by Crippen LogP contribution is -2.49. The molecule has 0 aliphatic carbocycles. The van der Waals surface area contributed by atoms with Crippen LogP contribution in [0.3, 0.4) is 0 Å². The maximum atomic E-state index is 12.6. The van der Waals surface area contributed by atoms with Gasteiger partial charge in [-0.1, -0.05) is 52.8 Å². The normalized spacial score (nSPS) is 14.5. The van der Waals surface area contributed by atoms with Crippen molar-refractivity contribution in [1.29, 1.82) is 0 Å². The van der Waals surface area contributed by atoms with Crippen molar-refractivity contribution < 1.29 is 4.79 Å². The maximum Gasteiger partial charge on any atom is 0.321 e. The number of aromatic nitrogens is 3. The number of nitrogens with one attached hydrogen (secondary N) is 1. The second-order valence-electron chi connectivity index (χ2n) is 8.25. The summed E-state index contributed by atoms with van der Waals surface area (Å²) >= 11 is 7.34. The standard InChI is InChI=1S/C24H23ClN6O2S/c1-16-2-8-19(9-3-16)26-23(33)30-12-10-29(11-13-30)15-20-14-21(32)31-24(27-20)34-22(28-31)17-4-6-18(25)7-5-17/h2-9,14H,10-13,15H2,1H3,(H,26,33). The highest BCUT2D eigenvalue weighted by atomic mass is 35.5. The predicted octanol–water partition coefficient (Wildman–Crippen LogP) is 4.13. The quantitative estimate of drug-likeness (QED) is 0.461. The van der Waals surface area contributed by atoms with Crippen molar-refractivity contribution in [2.45, 2.75) is 13.5 Å². The third kappa shape index (κ3) is 4.96. The first-order valence-corrected chi connectivity index (χ1v) is 12.1. The second kappa shape index (κ2) is 9.54. The van der Waals surface area contributed by atoms with Crippen LogP contribution in [0.1, 0.15) is 11.3 Å². The third-order valence-electron chi connectivity index (χ3n) is 5.74. The van der Waals surface area contributed by atoms with Gasteiger partial charge in [0, 0.05) is 55.1 Å². The lowest BCUT2D eigenvalue weighted by atomic mass is 10.2. The summed E-state index contributed by atoms with van der Waals surface area (Å²) in [6.45, 7) is 5.20. The van der Waals surface area contributed by atoms with Crippen molar-refractivity contribution in [1.82, 2.24) is 24.4 Å². The Labute approximate surface area is 205 Å². The van der Waals surface area contributed by atoms with Gasteiger partial charge in [-0.25, -0.2) is 9.78 Å². The number of carbonyl (C=O) groups is 1. The number of nitrogens with zero attached hydrogens (tertiary/aromatic N) is 5. The maximum absolute atomic E-state index is 12.6. The molecular weight excluding hydrogens is 472 g/mol. The van der Waals surface area contributed by atoms with Crippen molar-refractivity contribution in [2.75, 3.05) is 31.5 Å². The Balaban J connectivity index is 1.22. The molecule has 2 aromatic heterocycles. The molecule has 174 valence electrons. The van der Waals surface area contributed by atoms with Gasteiger partial charge in [-0.15, -0.1) is 0 Å². The molecule has 1 saturated heterocycles. The third-order valence-corrected chi connectivity index (χ3v) is 6.95. The van der Waals surface area contributed by atoms with E-state index in [1.165, 1.54) is 21.9 Å². The minimum Gasteiger partial charge on any atom is -0.322 e. The number of rotatable bonds is 4. The molecule has 5 rings (SSSR count). The van der Waals surface area contributed by atoms with Crippen LogP contribution in [0.5, 0.6) is 0 Å². The number of amides is 2. The van der Waals surface area contributed by atoms with Gasteiger partial charge < -0.3 is 10.2 Å². The molecule has 1 aliphatic rings. The molecule has 0 unspecified atom stereocenters. The van der Waals surface area contributed by atoms with Crippen molar-refractivity contribution in [3.63, 3.8) is 0 Å². The molecule has 3 heterocycles. The summed E-state index contributed by atoms with van der Waals surface area (Å²) in [5.41, 5.74) is 3.33. The SMILES string of the molecule is Cc1ccc(NC(=O)N2CCN(Cc3cc(=O)n4nc(-c5ccc(Cl)cc5)sc4n3)CC2)cc1. The average molecular weight is 495 g/mol. The zero-order valence-corrected chi connectivity index (χ0v) is 20.1. The van der Waals surface area contributed by atoms with Crippen LogP contribution in [-0.2, 0) is 6.54 Å². The second-order valence-corrected chi connectivity index (χ2v) is 9.65. The molecule has 0 saturated carbocycles. The van der Waals surface area contributed by atoms with Crippen LogP contribution < -0.4 is 10.9 Å². The van der Waals surface area contributed by atoms with Gasteiger partial charge in [0.05, 0.1) is 5.69 Å². The molecule has 4 aromatic rings. The number of halogens is 1. The molecule has 0 bridgehead atoms. The van der Waals surface area contributed by atoms with E-state index in [2.05, 4.69) is 20.3 Å². The summed E-state index contributed by atoms with van der Waals surface area (Å²) in [7, 11) is 0. The first kappa shape index (κ1) is 22.5. The number of anilines is 1. The molecule has 0 spiro atoms. The predicted molar refractivity (Wildman–Crippen MR) is 135 cm³/mol. The summed E-state index contributed by atoms with van der Waals surface area (Å²) in [6, 6.07) is 16.5. The molecule has 34 heavy (non-hydrogen) atoms. The summed E-state index contributed by atoms with van der Waals surface area (Å²) < 4.78 is 1.34. The summed E-state index contributed by atoms with van der Waals surface area (Å²) in [6.07, 6.45) is 0. The largest absolute Gasteiger partial charge is 0.322 e. The molecule has 2 amide bonds. The molecule has 1 fully saturated rings. The van der Waals surface area contributed by atoms with Gasteiger partial charge >= 0.3 is 6.03 Å². The van der Waals surface area contributed by atoms with E-state index in [0.29, 0.717) is 53.4 Å². The smallest absolute Gasteiger partial charge is 0.321 e. The van der Waals surface area contributed by atoms with Crippen LogP contribution in [0, 0.1) is 6.92 Å². The van der Waals surface area contributed by atoms with Crippen LogP contribution in [0.15, 0.2) is 59.4 Å². The first-order chi connectivity index (χ1) is 16.4. The summed E-state index contributed by atoms with van der Waals surface area (Å²) in [5.74, 6) is 0. The van der Waals surface area contributed by atoms with E-state index in [0.717, 1.165) is 16.8 Å². The van der Waals surface area contributed by atoms with E-state index in [4.69, 9.17) is 11.6 Å². The fraction of sp³-hybridized carbons (Fsp3) is 0.250. The number of hydrogen-bond acceptors (Lipinski definition) is 6. The lowest BCUT2D eigenvalue weighted by Gasteiger charge is -2.34. The van der Waals surface area contributed by atoms with Crippen molar-refractivity contribution in [3.8, 4) is 10.6 Å². The number of urea groups is 1. The highest BCUT2D eigenvalue weighted by molar-refractivity contribution is 7.19. The van der Waals surface area contributed by atoms with E-state index < -0.39 is 0 Å². The lowest BCUT2D eigenvalue weighted by molar-refractivity contribution is 0.142. The highest BCUT2D eigenvalue weighted by Gasteiger charge is 2.22. The van der Waals surface area contributed by atoms with E-state index >= 15 is 0 Å². The fourth-order valence-electron chi connectivity index (χ4n) is 3.82. The van der Waals surface area contributed by atoms with Gasteiger partial charge in [0.2, 0.25) is 4.96 Å². The van der Waals surface area contributed by atoms with Gasteiger partial charge in [-0.3, -0.25) is 9.69 Å². The Hall–Kier alpha value is -3.27. The molecule has 1 aliphatic heterocycles. The molecule has 2 aromatic carbocycles. The summed E-state index contributed by atoms with van der Waals surface area (Å²) in [4.78, 5) is 34.5. The van der Waals surface area contributed by atoms with Crippen LogP contribution in [0.4, 0.5) is 10.5 Å². The molecule has 0 atom stereocenters. The van der Waals surface area contributed by atoms with E-state index in [1.807, 2.05) is 48.2 Å². The number of aryl methyl sites for hydroxylation is 1. The van der Waals surface area contributed by atoms with Gasteiger partial charge in [0.15, 0.2) is 0 Å². The Kier molecular flexibility index (Phi) is 6.32. The first-order valence-electron chi connectivity index (χ1n) is 11.0. The Morgan fingerprint density at radius 3 is 2.47 bits per heavy atom. The summed E-state index contributed by atoms with van der Waals surface area (Å²) in [5, 5.41) is 8.73. The zero-order valence-electron chi connectivity index (χ0n) is 18.6. The van der Waals surface area contributed by atoms with Gasteiger partial charge in [-0.05, 0) is 31.2 Å². The minimum atomic E-state index is -0.201. The number of carbonyl (C=O) groups excluding carboxylic acids is 1. The monoisotopic (exact) mass is 494 g/mol. The number of hydrogen-bond donors (Lipinski definition) is 1. The molecule has 0 radical (unpaired) electrons. The average Bonchev–Trinajstić information content (AvgIpc) is 3.26. The van der Waals surface area contributed by atoms with Crippen molar-refractivity contribution in [3.05, 3.63) is 81.2 Å². The van der Waals surface area contributed by atoms with E-state index in [9.17, 15) is 9.59 Å². The molecular formula is C24H23ClN6O2S. The molecule has 10 heteroatoms. The van der Waals surface area contributed by atoms with Crippen LogP contribution in [0.2, 0.25) is 5.02 Å². The van der Waals surface area contributed by atoms with Crippen molar-refractivity contribution in [2.24, 2.45) is 0 Å². The zero-order chi connectivity index (χ0) is 23.7. The Bertz CT molecular complexity index is 1380. The topological polar surface area (TPSA) is 82.8 Å². The van der Waals surface area contributed by atoms with Crippen LogP contribution in [-0.4, -0.2) is 56.6 Å². The molecule has 8 nitrogen and oxygen atoms in total. The minimum absolute atomic E-state index is 0.0966. The fourth-order valence-corrected chi connectivity index (χ4v) is 4.88.